The molecular formula is C75H144N2O6P+. The van der Waals surface area contributed by atoms with Gasteiger partial charge < -0.3 is 19.8 Å². The first-order chi connectivity index (χ1) is 41.0. The zero-order chi connectivity index (χ0) is 61.2. The summed E-state index contributed by atoms with van der Waals surface area (Å²) in [7, 11) is 1.59. The van der Waals surface area contributed by atoms with Gasteiger partial charge in [-0.1, -0.05) is 357 Å². The van der Waals surface area contributed by atoms with Crippen LogP contribution in [0.4, 0.5) is 0 Å². The number of amides is 1. The lowest BCUT2D eigenvalue weighted by Crippen LogP contribution is -2.45. The number of phosphoric acid groups is 1. The fourth-order valence-electron chi connectivity index (χ4n) is 11.1. The van der Waals surface area contributed by atoms with Crippen molar-refractivity contribution in [3.63, 3.8) is 0 Å². The van der Waals surface area contributed by atoms with Gasteiger partial charge in [0.2, 0.25) is 5.91 Å². The quantitative estimate of drug-likeness (QED) is 0.0243. The number of phosphoric ester groups is 1. The van der Waals surface area contributed by atoms with Gasteiger partial charge in [-0.25, -0.2) is 4.57 Å². The molecule has 0 spiro atoms. The van der Waals surface area contributed by atoms with Crippen LogP contribution in [0, 0.1) is 0 Å². The van der Waals surface area contributed by atoms with Crippen molar-refractivity contribution in [3.05, 3.63) is 60.8 Å². The summed E-state index contributed by atoms with van der Waals surface area (Å²) in [6.45, 7) is 4.75. The van der Waals surface area contributed by atoms with Gasteiger partial charge in [-0.2, -0.15) is 0 Å². The topological polar surface area (TPSA) is 105 Å². The molecule has 0 aromatic rings. The van der Waals surface area contributed by atoms with E-state index in [1.54, 1.807) is 6.08 Å². The van der Waals surface area contributed by atoms with E-state index in [1.165, 1.54) is 283 Å². The van der Waals surface area contributed by atoms with E-state index >= 15 is 0 Å². The molecule has 84 heavy (non-hydrogen) atoms. The van der Waals surface area contributed by atoms with Crippen LogP contribution in [-0.2, 0) is 18.4 Å². The number of aliphatic hydroxyl groups excluding tert-OH is 1. The Morgan fingerprint density at radius 3 is 1.05 bits per heavy atom. The molecule has 9 heteroatoms. The van der Waals surface area contributed by atoms with Crippen molar-refractivity contribution in [1.29, 1.82) is 0 Å². The molecule has 0 aliphatic heterocycles. The minimum Gasteiger partial charge on any atom is -0.387 e. The van der Waals surface area contributed by atoms with Crippen molar-refractivity contribution in [3.8, 4) is 0 Å². The monoisotopic (exact) mass is 1200 g/mol. The summed E-state index contributed by atoms with van der Waals surface area (Å²) in [6, 6.07) is -0.846. The van der Waals surface area contributed by atoms with Crippen LogP contribution in [-0.4, -0.2) is 73.4 Å². The van der Waals surface area contributed by atoms with Gasteiger partial charge in [-0.15, -0.1) is 0 Å². The van der Waals surface area contributed by atoms with E-state index in [4.69, 9.17) is 9.05 Å². The van der Waals surface area contributed by atoms with E-state index in [1.807, 2.05) is 27.2 Å². The van der Waals surface area contributed by atoms with Crippen LogP contribution in [0.3, 0.4) is 0 Å². The number of hydrogen-bond acceptors (Lipinski definition) is 5. The second-order valence-electron chi connectivity index (χ2n) is 26.3. The largest absolute Gasteiger partial charge is 0.472 e. The Labute approximate surface area is 523 Å². The number of allylic oxidation sites excluding steroid dienone is 9. The van der Waals surface area contributed by atoms with Crippen LogP contribution in [0.25, 0.3) is 0 Å². The molecule has 0 saturated heterocycles. The number of carbonyl (C=O) groups is 1. The molecule has 1 amide bonds. The van der Waals surface area contributed by atoms with Crippen molar-refractivity contribution in [2.24, 2.45) is 0 Å². The summed E-state index contributed by atoms with van der Waals surface area (Å²) in [5.74, 6) is -0.169. The zero-order valence-corrected chi connectivity index (χ0v) is 57.5. The maximum absolute atomic E-state index is 13.1. The molecule has 0 aromatic carbocycles. The number of nitrogens with one attached hydrogen (secondary N) is 1. The van der Waals surface area contributed by atoms with Crippen LogP contribution >= 0.6 is 7.82 Å². The summed E-state index contributed by atoms with van der Waals surface area (Å²) in [5.41, 5.74) is 0. The normalized spacial score (nSPS) is 13.9. The lowest BCUT2D eigenvalue weighted by atomic mass is 10.0. The number of likely N-dealkylation sites (N-methyl/N-ethyl adjacent to an activating group) is 1. The Bertz CT molecular complexity index is 1550. The van der Waals surface area contributed by atoms with E-state index in [0.717, 1.165) is 57.8 Å². The van der Waals surface area contributed by atoms with Gasteiger partial charge in [0.1, 0.15) is 13.2 Å². The molecule has 0 fully saturated rings. The maximum atomic E-state index is 13.1. The highest BCUT2D eigenvalue weighted by atomic mass is 31.2. The molecule has 0 aliphatic carbocycles. The van der Waals surface area contributed by atoms with E-state index in [2.05, 4.69) is 67.8 Å². The van der Waals surface area contributed by atoms with Crippen molar-refractivity contribution < 1.29 is 32.9 Å². The summed E-state index contributed by atoms with van der Waals surface area (Å²) < 4.78 is 23.8. The van der Waals surface area contributed by atoms with E-state index < -0.39 is 20.0 Å². The van der Waals surface area contributed by atoms with Gasteiger partial charge in [0, 0.05) is 6.42 Å². The summed E-state index contributed by atoms with van der Waals surface area (Å²) >= 11 is 0. The fraction of sp³-hybridized carbons (Fsp3) is 0.853. The smallest absolute Gasteiger partial charge is 0.387 e. The molecule has 0 aromatic heterocycles. The lowest BCUT2D eigenvalue weighted by molar-refractivity contribution is -0.870. The number of aliphatic hydroxyl groups is 1. The van der Waals surface area contributed by atoms with Crippen molar-refractivity contribution in [2.45, 2.75) is 373 Å². The van der Waals surface area contributed by atoms with Gasteiger partial charge in [0.15, 0.2) is 0 Å². The standard InChI is InChI=1S/C75H143N2O6P/c1-6-8-10-12-14-16-18-20-22-24-26-28-29-30-31-32-33-34-35-36-37-38-39-40-41-42-43-44-45-46-47-49-51-53-55-57-59-61-63-65-67-69-75(79)76-73(72-83-84(80,81)82-71-70-77(3,4)5)74(78)68-66-64-62-60-58-56-54-52-50-48-27-25-23-21-19-17-15-13-11-9-7-2/h8,10,14,16,20,22,26,28,66,68,73-74,78H,6-7,9,11-13,15,17-19,21,23-25,27,29-65,67,69-72H2,1-5H3,(H-,76,79,80,81)/p+1/b10-8-,16-14-,22-20-,28-26-,68-66+. The number of unbranched alkanes of at least 4 members (excludes halogenated alkanes) is 47. The second-order valence-corrected chi connectivity index (χ2v) is 27.7. The van der Waals surface area contributed by atoms with Crippen LogP contribution in [0.2, 0.25) is 0 Å². The molecule has 0 bridgehead atoms. The molecule has 0 rings (SSSR count). The van der Waals surface area contributed by atoms with Crippen molar-refractivity contribution in [2.75, 3.05) is 40.9 Å². The first-order valence-electron chi connectivity index (χ1n) is 36.7. The third-order valence-corrected chi connectivity index (χ3v) is 17.7. The van der Waals surface area contributed by atoms with E-state index in [9.17, 15) is 19.4 Å². The molecule has 0 heterocycles. The molecule has 3 atom stereocenters. The molecule has 494 valence electrons. The molecule has 0 aliphatic rings. The SMILES string of the molecule is CC/C=C\C/C=C\C/C=C\C/C=C\CCCCCCCCCCCCCCCCCCCCCCCCCCCCCCC(=O)NC(COP(=O)(O)OCC[N+](C)(C)C)C(O)/C=C/CCCCCCCCCCCCCCCCCCCCC. The Kier molecular flexibility index (Phi) is 64.2. The zero-order valence-electron chi connectivity index (χ0n) is 56.7. The fourth-order valence-corrected chi connectivity index (χ4v) is 11.8. The number of nitrogens with zero attached hydrogens (tertiary/aromatic N) is 1. The number of carbonyl (C=O) groups excluding carboxylic acids is 1. The first kappa shape index (κ1) is 82.2. The summed E-state index contributed by atoms with van der Waals surface area (Å²) in [6.07, 6.45) is 91.0. The molecule has 0 saturated carbocycles. The van der Waals surface area contributed by atoms with Crippen LogP contribution in [0.15, 0.2) is 60.8 Å². The molecule has 0 radical (unpaired) electrons. The predicted molar refractivity (Wildman–Crippen MR) is 369 cm³/mol. The third kappa shape index (κ3) is 67.7. The average Bonchev–Trinajstić information content (AvgIpc) is 3.56. The highest BCUT2D eigenvalue weighted by Gasteiger charge is 2.28. The Morgan fingerprint density at radius 1 is 0.417 bits per heavy atom. The minimum atomic E-state index is -4.35. The predicted octanol–water partition coefficient (Wildman–Crippen LogP) is 23.6. The average molecular weight is 1200 g/mol. The molecule has 3 N–H and O–H groups in total. The highest BCUT2D eigenvalue weighted by molar-refractivity contribution is 7.47. The highest BCUT2D eigenvalue weighted by Crippen LogP contribution is 2.43. The van der Waals surface area contributed by atoms with Crippen molar-refractivity contribution >= 4 is 13.7 Å². The van der Waals surface area contributed by atoms with Gasteiger partial charge >= 0.3 is 7.82 Å². The Morgan fingerprint density at radius 2 is 0.714 bits per heavy atom. The molecule has 8 nitrogen and oxygen atoms in total. The number of quaternary nitrogens is 1. The van der Waals surface area contributed by atoms with Crippen LogP contribution < -0.4 is 5.32 Å². The maximum Gasteiger partial charge on any atom is 0.472 e. The first-order valence-corrected chi connectivity index (χ1v) is 38.2. The van der Waals surface area contributed by atoms with Gasteiger partial charge in [0.25, 0.3) is 0 Å². The van der Waals surface area contributed by atoms with Crippen LogP contribution in [0.1, 0.15) is 361 Å². The summed E-state index contributed by atoms with van der Waals surface area (Å²) in [5, 5.41) is 14.0. The molecular weight excluding hydrogens is 1060 g/mol. The van der Waals surface area contributed by atoms with Crippen molar-refractivity contribution in [1.82, 2.24) is 5.32 Å². The van der Waals surface area contributed by atoms with Gasteiger partial charge in [0.05, 0.1) is 39.9 Å². The minimum absolute atomic E-state index is 0.0634. The van der Waals surface area contributed by atoms with Crippen LogP contribution in [0.5, 0.6) is 0 Å². The van der Waals surface area contributed by atoms with Gasteiger partial charge in [-0.3, -0.25) is 13.8 Å². The Balaban J connectivity index is 3.90. The van der Waals surface area contributed by atoms with Gasteiger partial charge in [-0.05, 0) is 57.8 Å². The Hall–Kier alpha value is -1.80. The molecule has 3 unspecified atom stereocenters. The second kappa shape index (κ2) is 65.6. The lowest BCUT2D eigenvalue weighted by Gasteiger charge is -2.25. The van der Waals surface area contributed by atoms with E-state index in [-0.39, 0.29) is 19.1 Å². The van der Waals surface area contributed by atoms with E-state index in [0.29, 0.717) is 17.4 Å². The number of rotatable bonds is 68. The third-order valence-electron chi connectivity index (χ3n) is 16.7. The number of hydrogen-bond donors (Lipinski definition) is 3. The summed E-state index contributed by atoms with van der Waals surface area (Å²) in [4.78, 5) is 23.4.